The largest absolute Gasteiger partial charge is 0.336 e. The summed E-state index contributed by atoms with van der Waals surface area (Å²) in [6.45, 7) is 5.69. The summed E-state index contributed by atoms with van der Waals surface area (Å²) in [6, 6.07) is 4.26. The molecular formula is C15H19N3OS. The number of carbonyl (C=O) groups excluding carboxylic acids is 1. The predicted molar refractivity (Wildman–Crippen MR) is 80.2 cm³/mol. The molecular weight excluding hydrogens is 270 g/mol. The smallest absolute Gasteiger partial charge is 0.255 e. The van der Waals surface area contributed by atoms with Gasteiger partial charge in [0.25, 0.3) is 5.91 Å². The summed E-state index contributed by atoms with van der Waals surface area (Å²) in [5, 5.41) is 4.31. The monoisotopic (exact) mass is 289 g/mol. The predicted octanol–water partition coefficient (Wildman–Crippen LogP) is 3.04. The maximum atomic E-state index is 12.7. The number of thiophene rings is 1. The fourth-order valence-corrected chi connectivity index (χ4v) is 3.78. The van der Waals surface area contributed by atoms with Crippen molar-refractivity contribution < 1.29 is 4.79 Å². The number of aryl methyl sites for hydroxylation is 2. The summed E-state index contributed by atoms with van der Waals surface area (Å²) in [5.74, 6) is 0.170. The number of nitrogens with zero attached hydrogens (tertiary/aromatic N) is 3. The lowest BCUT2D eigenvalue weighted by atomic mass is 10.0. The van der Waals surface area contributed by atoms with Gasteiger partial charge in [-0.2, -0.15) is 5.10 Å². The summed E-state index contributed by atoms with van der Waals surface area (Å²) in [4.78, 5) is 16.9. The van der Waals surface area contributed by atoms with Gasteiger partial charge in [0, 0.05) is 35.2 Å². The van der Waals surface area contributed by atoms with Gasteiger partial charge in [-0.15, -0.1) is 11.3 Å². The normalized spacial score (nSPS) is 19.3. The quantitative estimate of drug-likeness (QED) is 0.852. The standard InChI is InChI=1S/C15H19N3OS/c1-11-9-14(12(2)20-11)15(19)17-7-3-5-13(10-17)18-8-4-6-16-18/h4,6,8-9,13H,3,5,7,10H2,1-2H3/t13-/m1/s1. The molecule has 2 aromatic rings. The van der Waals surface area contributed by atoms with Crippen LogP contribution in [0.2, 0.25) is 0 Å². The molecule has 2 aromatic heterocycles. The fraction of sp³-hybridized carbons (Fsp3) is 0.467. The number of hydrogen-bond acceptors (Lipinski definition) is 3. The van der Waals surface area contributed by atoms with Crippen molar-refractivity contribution in [1.82, 2.24) is 14.7 Å². The van der Waals surface area contributed by atoms with E-state index in [-0.39, 0.29) is 5.91 Å². The molecule has 0 unspecified atom stereocenters. The van der Waals surface area contributed by atoms with Gasteiger partial charge in [0.1, 0.15) is 0 Å². The van der Waals surface area contributed by atoms with Crippen LogP contribution in [0.1, 0.15) is 39.0 Å². The van der Waals surface area contributed by atoms with Gasteiger partial charge in [0.05, 0.1) is 11.6 Å². The van der Waals surface area contributed by atoms with Crippen LogP contribution in [0.5, 0.6) is 0 Å². The van der Waals surface area contributed by atoms with Gasteiger partial charge in [0.2, 0.25) is 0 Å². The number of rotatable bonds is 2. The Hall–Kier alpha value is -1.62. The second-order valence-corrected chi connectivity index (χ2v) is 6.82. The first-order valence-electron chi connectivity index (χ1n) is 7.00. The van der Waals surface area contributed by atoms with Crippen molar-refractivity contribution >= 4 is 17.2 Å². The minimum absolute atomic E-state index is 0.170. The molecule has 0 N–H and O–H groups in total. The minimum atomic E-state index is 0.170. The Morgan fingerprint density at radius 1 is 1.45 bits per heavy atom. The van der Waals surface area contributed by atoms with Crippen molar-refractivity contribution in [3.8, 4) is 0 Å². The molecule has 0 radical (unpaired) electrons. The Labute approximate surface area is 123 Å². The molecule has 1 saturated heterocycles. The minimum Gasteiger partial charge on any atom is -0.336 e. The molecule has 1 fully saturated rings. The molecule has 0 aromatic carbocycles. The number of aromatic nitrogens is 2. The number of likely N-dealkylation sites (tertiary alicyclic amines) is 1. The fourth-order valence-electron chi connectivity index (χ4n) is 2.87. The maximum Gasteiger partial charge on any atom is 0.255 e. The third kappa shape index (κ3) is 2.50. The summed E-state index contributed by atoms with van der Waals surface area (Å²) < 4.78 is 1.98. The van der Waals surface area contributed by atoms with Gasteiger partial charge in [-0.25, -0.2) is 0 Å². The number of amides is 1. The molecule has 0 saturated carbocycles. The highest BCUT2D eigenvalue weighted by molar-refractivity contribution is 7.12. The molecule has 0 spiro atoms. The van der Waals surface area contributed by atoms with Crippen LogP contribution in [0.3, 0.4) is 0 Å². The molecule has 0 aliphatic carbocycles. The third-order valence-corrected chi connectivity index (χ3v) is 4.82. The zero-order valence-electron chi connectivity index (χ0n) is 11.9. The molecule has 1 atom stereocenters. The molecule has 3 rings (SSSR count). The van der Waals surface area contributed by atoms with Crippen LogP contribution in [0.25, 0.3) is 0 Å². The lowest BCUT2D eigenvalue weighted by molar-refractivity contribution is 0.0673. The lowest BCUT2D eigenvalue weighted by Gasteiger charge is -2.32. The van der Waals surface area contributed by atoms with Crippen molar-refractivity contribution in [1.29, 1.82) is 0 Å². The van der Waals surface area contributed by atoms with Crippen LogP contribution in [0, 0.1) is 13.8 Å². The van der Waals surface area contributed by atoms with Crippen molar-refractivity contribution in [3.63, 3.8) is 0 Å². The van der Waals surface area contributed by atoms with Gasteiger partial charge in [-0.05, 0) is 38.8 Å². The van der Waals surface area contributed by atoms with E-state index < -0.39 is 0 Å². The summed E-state index contributed by atoms with van der Waals surface area (Å²) in [6.07, 6.45) is 5.91. The summed E-state index contributed by atoms with van der Waals surface area (Å²) in [7, 11) is 0. The second kappa shape index (κ2) is 5.40. The van der Waals surface area contributed by atoms with Crippen LogP contribution in [0.4, 0.5) is 0 Å². The Kier molecular flexibility index (Phi) is 3.61. The second-order valence-electron chi connectivity index (χ2n) is 5.36. The Bertz CT molecular complexity index is 603. The molecule has 5 heteroatoms. The molecule has 3 heterocycles. The number of piperidine rings is 1. The van der Waals surface area contributed by atoms with E-state index in [0.717, 1.165) is 36.4 Å². The van der Waals surface area contributed by atoms with Crippen LogP contribution in [-0.4, -0.2) is 33.7 Å². The van der Waals surface area contributed by atoms with Gasteiger partial charge >= 0.3 is 0 Å². The highest BCUT2D eigenvalue weighted by Gasteiger charge is 2.27. The van der Waals surface area contributed by atoms with E-state index in [9.17, 15) is 4.79 Å². The summed E-state index contributed by atoms with van der Waals surface area (Å²) in [5.41, 5.74) is 0.869. The molecule has 0 bridgehead atoms. The van der Waals surface area contributed by atoms with E-state index in [1.54, 1.807) is 17.5 Å². The average Bonchev–Trinajstić information content (AvgIpc) is 3.08. The molecule has 1 aliphatic rings. The highest BCUT2D eigenvalue weighted by Crippen LogP contribution is 2.26. The van der Waals surface area contributed by atoms with E-state index >= 15 is 0 Å². The lowest BCUT2D eigenvalue weighted by Crippen LogP contribution is -2.40. The summed E-state index contributed by atoms with van der Waals surface area (Å²) >= 11 is 1.70. The first-order valence-corrected chi connectivity index (χ1v) is 7.82. The zero-order chi connectivity index (χ0) is 14.1. The number of hydrogen-bond donors (Lipinski definition) is 0. The van der Waals surface area contributed by atoms with E-state index in [0.29, 0.717) is 6.04 Å². The van der Waals surface area contributed by atoms with Crippen molar-refractivity contribution in [2.45, 2.75) is 32.7 Å². The molecule has 4 nitrogen and oxygen atoms in total. The van der Waals surface area contributed by atoms with Gasteiger partial charge in [0.15, 0.2) is 0 Å². The van der Waals surface area contributed by atoms with Gasteiger partial charge in [-0.1, -0.05) is 0 Å². The molecule has 106 valence electrons. The Morgan fingerprint density at radius 2 is 2.30 bits per heavy atom. The molecule has 20 heavy (non-hydrogen) atoms. The van der Waals surface area contributed by atoms with Crippen molar-refractivity contribution in [3.05, 3.63) is 39.8 Å². The maximum absolute atomic E-state index is 12.7. The Morgan fingerprint density at radius 3 is 2.95 bits per heavy atom. The van der Waals surface area contributed by atoms with Gasteiger partial charge in [-0.3, -0.25) is 9.48 Å². The first kappa shape index (κ1) is 13.4. The van der Waals surface area contributed by atoms with E-state index in [2.05, 4.69) is 12.0 Å². The van der Waals surface area contributed by atoms with Crippen LogP contribution < -0.4 is 0 Å². The van der Waals surface area contributed by atoms with Crippen molar-refractivity contribution in [2.75, 3.05) is 13.1 Å². The van der Waals surface area contributed by atoms with Crippen LogP contribution in [-0.2, 0) is 0 Å². The SMILES string of the molecule is Cc1cc(C(=O)N2CCC[C@@H](n3cccn3)C2)c(C)s1. The number of carbonyl (C=O) groups is 1. The van der Waals surface area contributed by atoms with Crippen LogP contribution in [0.15, 0.2) is 24.5 Å². The zero-order valence-corrected chi connectivity index (χ0v) is 12.7. The average molecular weight is 289 g/mol. The Balaban J connectivity index is 1.77. The topological polar surface area (TPSA) is 38.1 Å². The molecule has 1 aliphatic heterocycles. The molecule has 1 amide bonds. The first-order chi connectivity index (χ1) is 9.65. The van der Waals surface area contributed by atoms with E-state index in [1.165, 1.54) is 4.88 Å². The van der Waals surface area contributed by atoms with Crippen molar-refractivity contribution in [2.24, 2.45) is 0 Å². The third-order valence-electron chi connectivity index (χ3n) is 3.85. The van der Waals surface area contributed by atoms with Crippen LogP contribution >= 0.6 is 11.3 Å². The van der Waals surface area contributed by atoms with E-state index in [1.807, 2.05) is 34.8 Å². The van der Waals surface area contributed by atoms with E-state index in [4.69, 9.17) is 0 Å². The highest BCUT2D eigenvalue weighted by atomic mass is 32.1. The van der Waals surface area contributed by atoms with Gasteiger partial charge < -0.3 is 4.90 Å².